The second-order valence-corrected chi connectivity index (χ2v) is 8.00. The molecule has 4 aromatic rings. The van der Waals surface area contributed by atoms with E-state index < -0.39 is 0 Å². The zero-order valence-corrected chi connectivity index (χ0v) is 19.2. The number of carbonyl (C=O) groups excluding carboxylic acids is 1. The normalized spacial score (nSPS) is 10.5. The molecule has 0 aromatic heterocycles. The molecule has 0 heterocycles. The molecule has 0 aliphatic heterocycles. The van der Waals surface area contributed by atoms with Crippen LogP contribution in [0.1, 0.15) is 27.9 Å². The molecule has 34 heavy (non-hydrogen) atoms. The number of ether oxygens (including phenoxy) is 2. The third kappa shape index (κ3) is 6.97. The summed E-state index contributed by atoms with van der Waals surface area (Å²) in [6, 6.07) is 35.3. The van der Waals surface area contributed by atoms with Crippen LogP contribution in [-0.4, -0.2) is 19.1 Å². The first-order valence-electron chi connectivity index (χ1n) is 11.6. The van der Waals surface area contributed by atoms with Gasteiger partial charge >= 0.3 is 0 Å². The number of hydrogen-bond acceptors (Lipinski definition) is 3. The van der Waals surface area contributed by atoms with Crippen molar-refractivity contribution in [1.29, 1.82) is 0 Å². The highest BCUT2D eigenvalue weighted by molar-refractivity contribution is 6.05. The number of benzene rings is 4. The summed E-state index contributed by atoms with van der Waals surface area (Å²) in [5.74, 6) is 1.23. The Hall–Kier alpha value is -4.05. The molecule has 172 valence electrons. The summed E-state index contributed by atoms with van der Waals surface area (Å²) in [4.78, 5) is 12.8. The van der Waals surface area contributed by atoms with Crippen LogP contribution in [0, 0.1) is 0 Å². The van der Waals surface area contributed by atoms with Crippen LogP contribution in [-0.2, 0) is 12.8 Å². The molecule has 0 bridgehead atoms. The van der Waals surface area contributed by atoms with Gasteiger partial charge in [0.15, 0.2) is 0 Å². The lowest BCUT2D eigenvalue weighted by Crippen LogP contribution is -2.13. The average Bonchev–Trinajstić information content (AvgIpc) is 2.89. The van der Waals surface area contributed by atoms with E-state index in [4.69, 9.17) is 9.47 Å². The molecule has 0 atom stereocenters. The Labute approximate surface area is 201 Å². The van der Waals surface area contributed by atoms with E-state index in [0.29, 0.717) is 30.2 Å². The maximum Gasteiger partial charge on any atom is 0.255 e. The van der Waals surface area contributed by atoms with Crippen molar-refractivity contribution in [2.45, 2.75) is 19.3 Å². The lowest BCUT2D eigenvalue weighted by molar-refractivity contribution is 0.102. The summed E-state index contributed by atoms with van der Waals surface area (Å²) >= 11 is 0. The van der Waals surface area contributed by atoms with E-state index in [-0.39, 0.29) is 5.91 Å². The standard InChI is InChI=1S/C30H29NO3/c32-30(26-17-19-27(20-18-26)33-23-21-25-12-5-2-6-13-25)31-28-15-7-8-16-29(28)34-22-9-14-24-10-3-1-4-11-24/h1-8,10-13,15-20H,9,14,21-23H2,(H,31,32). The van der Waals surface area contributed by atoms with Gasteiger partial charge in [0.25, 0.3) is 5.91 Å². The van der Waals surface area contributed by atoms with Gasteiger partial charge in [0.05, 0.1) is 18.9 Å². The van der Waals surface area contributed by atoms with Crippen LogP contribution in [0.5, 0.6) is 11.5 Å². The van der Waals surface area contributed by atoms with Gasteiger partial charge in [-0.25, -0.2) is 0 Å². The second-order valence-electron chi connectivity index (χ2n) is 8.00. The molecule has 4 rings (SSSR count). The van der Waals surface area contributed by atoms with Crippen molar-refractivity contribution in [1.82, 2.24) is 0 Å². The first-order valence-corrected chi connectivity index (χ1v) is 11.6. The van der Waals surface area contributed by atoms with Gasteiger partial charge in [0.1, 0.15) is 11.5 Å². The highest BCUT2D eigenvalue weighted by Gasteiger charge is 2.10. The van der Waals surface area contributed by atoms with Crippen LogP contribution < -0.4 is 14.8 Å². The summed E-state index contributed by atoms with van der Waals surface area (Å²) in [6.07, 6.45) is 2.69. The largest absolute Gasteiger partial charge is 0.493 e. The van der Waals surface area contributed by atoms with Gasteiger partial charge in [0.2, 0.25) is 0 Å². The van der Waals surface area contributed by atoms with Crippen LogP contribution >= 0.6 is 0 Å². The smallest absolute Gasteiger partial charge is 0.255 e. The summed E-state index contributed by atoms with van der Waals surface area (Å²) in [5.41, 5.74) is 3.75. The van der Waals surface area contributed by atoms with Gasteiger partial charge < -0.3 is 14.8 Å². The molecule has 1 amide bonds. The van der Waals surface area contributed by atoms with Gasteiger partial charge in [-0.1, -0.05) is 72.8 Å². The SMILES string of the molecule is O=C(Nc1ccccc1OCCCc1ccccc1)c1ccc(OCCc2ccccc2)cc1. The number of amides is 1. The minimum atomic E-state index is -0.184. The van der Waals surface area contributed by atoms with E-state index in [9.17, 15) is 4.79 Å². The molecule has 0 spiro atoms. The zero-order valence-electron chi connectivity index (χ0n) is 19.2. The van der Waals surface area contributed by atoms with Crippen LogP contribution in [0.4, 0.5) is 5.69 Å². The Morgan fingerprint density at radius 2 is 1.24 bits per heavy atom. The number of carbonyl (C=O) groups is 1. The molecule has 0 radical (unpaired) electrons. The van der Waals surface area contributed by atoms with Gasteiger partial charge in [-0.15, -0.1) is 0 Å². The Bertz CT molecular complexity index is 1160. The number of hydrogen-bond donors (Lipinski definition) is 1. The second kappa shape index (κ2) is 12.3. The maximum absolute atomic E-state index is 12.8. The third-order valence-corrected chi connectivity index (χ3v) is 5.46. The van der Waals surface area contributed by atoms with Gasteiger partial charge in [-0.05, 0) is 60.4 Å². The monoisotopic (exact) mass is 451 g/mol. The highest BCUT2D eigenvalue weighted by Crippen LogP contribution is 2.25. The Kier molecular flexibility index (Phi) is 8.34. The predicted molar refractivity (Wildman–Crippen MR) is 137 cm³/mol. The van der Waals surface area contributed by atoms with E-state index in [1.54, 1.807) is 12.1 Å². The van der Waals surface area contributed by atoms with E-state index in [1.165, 1.54) is 11.1 Å². The molecule has 4 aromatic carbocycles. The van der Waals surface area contributed by atoms with Crippen molar-refractivity contribution >= 4 is 11.6 Å². The first-order chi connectivity index (χ1) is 16.8. The number of para-hydroxylation sites is 2. The highest BCUT2D eigenvalue weighted by atomic mass is 16.5. The zero-order chi connectivity index (χ0) is 23.4. The van der Waals surface area contributed by atoms with Crippen LogP contribution in [0.25, 0.3) is 0 Å². The van der Waals surface area contributed by atoms with Crippen LogP contribution in [0.3, 0.4) is 0 Å². The Balaban J connectivity index is 1.26. The van der Waals surface area contributed by atoms with Crippen LogP contribution in [0.2, 0.25) is 0 Å². The summed E-state index contributed by atoms with van der Waals surface area (Å²) in [7, 11) is 0. The first kappa shape index (κ1) is 23.1. The number of rotatable bonds is 11. The summed E-state index contributed by atoms with van der Waals surface area (Å²) in [6.45, 7) is 1.17. The summed E-state index contributed by atoms with van der Waals surface area (Å²) in [5, 5.41) is 2.96. The number of anilines is 1. The van der Waals surface area contributed by atoms with Crippen molar-refractivity contribution in [3.63, 3.8) is 0 Å². The van der Waals surface area contributed by atoms with Crippen molar-refractivity contribution < 1.29 is 14.3 Å². The molecule has 4 heteroatoms. The van der Waals surface area contributed by atoms with Gasteiger partial charge in [-0.2, -0.15) is 0 Å². The van der Waals surface area contributed by atoms with Gasteiger partial charge in [-0.3, -0.25) is 4.79 Å². The molecular weight excluding hydrogens is 422 g/mol. The van der Waals surface area contributed by atoms with Crippen molar-refractivity contribution in [3.05, 3.63) is 126 Å². The lowest BCUT2D eigenvalue weighted by Gasteiger charge is -2.13. The molecule has 1 N–H and O–H groups in total. The summed E-state index contributed by atoms with van der Waals surface area (Å²) < 4.78 is 11.8. The molecule has 0 unspecified atom stereocenters. The van der Waals surface area contributed by atoms with E-state index in [1.807, 2.05) is 72.8 Å². The number of nitrogens with one attached hydrogen (secondary N) is 1. The van der Waals surface area contributed by atoms with E-state index in [0.717, 1.165) is 25.0 Å². The predicted octanol–water partition coefficient (Wildman–Crippen LogP) is 6.57. The minimum absolute atomic E-state index is 0.184. The van der Waals surface area contributed by atoms with Crippen molar-refractivity contribution in [3.8, 4) is 11.5 Å². The fourth-order valence-corrected chi connectivity index (χ4v) is 3.63. The molecule has 0 saturated carbocycles. The van der Waals surface area contributed by atoms with Crippen molar-refractivity contribution in [2.75, 3.05) is 18.5 Å². The molecule has 4 nitrogen and oxygen atoms in total. The quantitative estimate of drug-likeness (QED) is 0.262. The van der Waals surface area contributed by atoms with Gasteiger partial charge in [0, 0.05) is 12.0 Å². The third-order valence-electron chi connectivity index (χ3n) is 5.46. The fraction of sp³-hybridized carbons (Fsp3) is 0.167. The van der Waals surface area contributed by atoms with Crippen LogP contribution in [0.15, 0.2) is 109 Å². The Morgan fingerprint density at radius 3 is 1.94 bits per heavy atom. The van der Waals surface area contributed by atoms with E-state index >= 15 is 0 Å². The average molecular weight is 452 g/mol. The molecule has 0 fully saturated rings. The maximum atomic E-state index is 12.8. The topological polar surface area (TPSA) is 47.6 Å². The molecule has 0 aliphatic carbocycles. The van der Waals surface area contributed by atoms with Crippen molar-refractivity contribution in [2.24, 2.45) is 0 Å². The lowest BCUT2D eigenvalue weighted by atomic mass is 10.1. The fourth-order valence-electron chi connectivity index (χ4n) is 3.63. The molecular formula is C30H29NO3. The molecule has 0 saturated heterocycles. The molecule has 0 aliphatic rings. The number of aryl methyl sites for hydroxylation is 1. The van der Waals surface area contributed by atoms with E-state index in [2.05, 4.69) is 29.6 Å². The Morgan fingerprint density at radius 1 is 0.618 bits per heavy atom. The minimum Gasteiger partial charge on any atom is -0.493 e.